The zero-order valence-electron chi connectivity index (χ0n) is 16.5. The van der Waals surface area contributed by atoms with Crippen molar-refractivity contribution < 1.29 is 9.53 Å². The van der Waals surface area contributed by atoms with Gasteiger partial charge in [-0.15, -0.1) is 0 Å². The molecule has 1 aromatic carbocycles. The second-order valence-electron chi connectivity index (χ2n) is 8.23. The molecule has 0 aliphatic rings. The van der Waals surface area contributed by atoms with Crippen LogP contribution in [0.3, 0.4) is 0 Å². The molecular formula is C21H32N2O2. The van der Waals surface area contributed by atoms with Gasteiger partial charge in [-0.3, -0.25) is 4.79 Å². The van der Waals surface area contributed by atoms with Gasteiger partial charge < -0.3 is 9.30 Å². The topological polar surface area (TPSA) is 44.1 Å². The molecule has 4 heteroatoms. The summed E-state index contributed by atoms with van der Waals surface area (Å²) in [7, 11) is 1.72. The van der Waals surface area contributed by atoms with Crippen molar-refractivity contribution in [3.05, 3.63) is 30.1 Å². The number of aromatic nitrogens is 2. The minimum atomic E-state index is -0.0930. The number of Topliss-reactive ketones (excluding diaryl/α,β-unsaturated/α-hetero) is 1. The number of carbonyl (C=O) groups is 1. The molecule has 2 aromatic rings. The summed E-state index contributed by atoms with van der Waals surface area (Å²) in [6.45, 7) is 12.2. The van der Waals surface area contributed by atoms with E-state index in [4.69, 9.17) is 9.72 Å². The lowest BCUT2D eigenvalue weighted by molar-refractivity contribution is 0.0727. The number of nitrogens with zero attached hydrogens (tertiary/aromatic N) is 2. The van der Waals surface area contributed by atoms with Crippen LogP contribution < -0.4 is 0 Å². The van der Waals surface area contributed by atoms with E-state index in [9.17, 15) is 4.79 Å². The lowest BCUT2D eigenvalue weighted by Crippen LogP contribution is -2.34. The highest BCUT2D eigenvalue weighted by atomic mass is 16.5. The molecule has 0 fully saturated rings. The number of fused-ring (bicyclic) bond motifs is 1. The molecule has 0 spiro atoms. The Bertz CT molecular complexity index is 710. The van der Waals surface area contributed by atoms with Gasteiger partial charge in [0.1, 0.15) is 0 Å². The number of methoxy groups -OCH3 is 1. The summed E-state index contributed by atoms with van der Waals surface area (Å²) in [6.07, 6.45) is 1.94. The summed E-state index contributed by atoms with van der Waals surface area (Å²) >= 11 is 0. The Morgan fingerprint density at radius 2 is 1.88 bits per heavy atom. The van der Waals surface area contributed by atoms with E-state index in [1.165, 1.54) is 0 Å². The van der Waals surface area contributed by atoms with Crippen molar-refractivity contribution in [3.8, 4) is 0 Å². The average Bonchev–Trinajstić information content (AvgIpc) is 2.88. The van der Waals surface area contributed by atoms with Crippen LogP contribution in [0.5, 0.6) is 0 Å². The van der Waals surface area contributed by atoms with Crippen LogP contribution in [-0.2, 0) is 11.3 Å². The Labute approximate surface area is 151 Å². The first-order chi connectivity index (χ1) is 11.8. The molecule has 0 N–H and O–H groups in total. The predicted octanol–water partition coefficient (Wildman–Crippen LogP) is 4.96. The van der Waals surface area contributed by atoms with Crippen molar-refractivity contribution in [2.75, 3.05) is 13.7 Å². The average molecular weight is 344 g/mol. The molecule has 138 valence electrons. The maximum absolute atomic E-state index is 13.4. The number of aryl methyl sites for hydroxylation is 1. The zero-order valence-corrected chi connectivity index (χ0v) is 16.5. The number of ether oxygens (including phenoxy) is 1. The second-order valence-corrected chi connectivity index (χ2v) is 8.23. The van der Waals surface area contributed by atoms with Crippen molar-refractivity contribution in [2.45, 2.75) is 54.0 Å². The van der Waals surface area contributed by atoms with Gasteiger partial charge in [-0.05, 0) is 36.3 Å². The first-order valence-corrected chi connectivity index (χ1v) is 9.25. The van der Waals surface area contributed by atoms with Gasteiger partial charge in [-0.1, -0.05) is 46.8 Å². The normalized spacial score (nSPS) is 13.6. The number of rotatable bonds is 8. The van der Waals surface area contributed by atoms with E-state index in [2.05, 4.69) is 45.3 Å². The van der Waals surface area contributed by atoms with Gasteiger partial charge in [0, 0.05) is 26.2 Å². The molecule has 1 atom stereocenters. The highest BCUT2D eigenvalue weighted by Crippen LogP contribution is 2.35. The monoisotopic (exact) mass is 344 g/mol. The third kappa shape index (κ3) is 4.49. The van der Waals surface area contributed by atoms with Gasteiger partial charge in [0.15, 0.2) is 5.82 Å². The number of carbonyl (C=O) groups excluding carboxylic acids is 1. The van der Waals surface area contributed by atoms with E-state index in [0.29, 0.717) is 5.82 Å². The predicted molar refractivity (Wildman–Crippen MR) is 103 cm³/mol. The highest BCUT2D eigenvalue weighted by molar-refractivity contribution is 5.98. The summed E-state index contributed by atoms with van der Waals surface area (Å²) in [6, 6.07) is 8.02. The molecule has 0 saturated carbocycles. The van der Waals surface area contributed by atoms with Gasteiger partial charge in [0.05, 0.1) is 11.0 Å². The fourth-order valence-electron chi connectivity index (χ4n) is 3.84. The molecule has 1 heterocycles. The summed E-state index contributed by atoms with van der Waals surface area (Å²) in [5, 5.41) is 0. The Morgan fingerprint density at radius 3 is 2.48 bits per heavy atom. The summed E-state index contributed by atoms with van der Waals surface area (Å²) in [4.78, 5) is 18.1. The molecule has 0 aliphatic carbocycles. The van der Waals surface area contributed by atoms with Crippen LogP contribution in [0, 0.1) is 17.3 Å². The smallest absolute Gasteiger partial charge is 0.202 e. The van der Waals surface area contributed by atoms with Crippen LogP contribution in [0.15, 0.2) is 24.3 Å². The van der Waals surface area contributed by atoms with E-state index in [-0.39, 0.29) is 23.0 Å². The molecular weight excluding hydrogens is 312 g/mol. The Morgan fingerprint density at radius 1 is 1.20 bits per heavy atom. The number of hydrogen-bond donors (Lipinski definition) is 0. The highest BCUT2D eigenvalue weighted by Gasteiger charge is 2.36. The maximum atomic E-state index is 13.4. The van der Waals surface area contributed by atoms with Crippen LogP contribution in [0.1, 0.15) is 58.1 Å². The van der Waals surface area contributed by atoms with Crippen molar-refractivity contribution in [1.82, 2.24) is 9.55 Å². The maximum Gasteiger partial charge on any atom is 0.202 e. The quantitative estimate of drug-likeness (QED) is 0.502. The molecule has 0 unspecified atom stereocenters. The molecule has 2 rings (SSSR count). The van der Waals surface area contributed by atoms with Gasteiger partial charge in [-0.25, -0.2) is 4.98 Å². The molecule has 1 aromatic heterocycles. The molecule has 0 aliphatic heterocycles. The number of unbranched alkanes of at least 4 members (excludes halogenated alkanes) is 1. The Hall–Kier alpha value is -1.68. The largest absolute Gasteiger partial charge is 0.385 e. The van der Waals surface area contributed by atoms with Gasteiger partial charge in [0.2, 0.25) is 5.78 Å². The van der Waals surface area contributed by atoms with E-state index >= 15 is 0 Å². The van der Waals surface area contributed by atoms with Crippen LogP contribution in [0.25, 0.3) is 11.0 Å². The van der Waals surface area contributed by atoms with Crippen LogP contribution in [-0.4, -0.2) is 29.1 Å². The summed E-state index contributed by atoms with van der Waals surface area (Å²) in [5.74, 6) is 0.981. The van der Waals surface area contributed by atoms with Crippen molar-refractivity contribution in [1.29, 1.82) is 0 Å². The SMILES string of the molecule is COCCCCn1c(C(=O)[C@H](C(C)C)C(C)(C)C)nc2ccccc21. The van der Waals surface area contributed by atoms with E-state index in [1.54, 1.807) is 7.11 Å². The molecule has 25 heavy (non-hydrogen) atoms. The van der Waals surface area contributed by atoms with Crippen molar-refractivity contribution in [2.24, 2.45) is 17.3 Å². The van der Waals surface area contributed by atoms with Gasteiger partial charge >= 0.3 is 0 Å². The third-order valence-corrected chi connectivity index (χ3v) is 4.74. The number of imidazole rings is 1. The van der Waals surface area contributed by atoms with E-state index in [1.807, 2.05) is 18.2 Å². The first-order valence-electron chi connectivity index (χ1n) is 9.25. The minimum absolute atomic E-state index is 0.0537. The van der Waals surface area contributed by atoms with E-state index in [0.717, 1.165) is 37.0 Å². The van der Waals surface area contributed by atoms with Crippen molar-refractivity contribution in [3.63, 3.8) is 0 Å². The van der Waals surface area contributed by atoms with Crippen LogP contribution >= 0.6 is 0 Å². The number of benzene rings is 1. The minimum Gasteiger partial charge on any atom is -0.385 e. The number of hydrogen-bond acceptors (Lipinski definition) is 3. The van der Waals surface area contributed by atoms with Crippen LogP contribution in [0.2, 0.25) is 0 Å². The third-order valence-electron chi connectivity index (χ3n) is 4.74. The Balaban J connectivity index is 2.43. The second kappa shape index (κ2) is 8.13. The first kappa shape index (κ1) is 19.6. The fraction of sp³-hybridized carbons (Fsp3) is 0.619. The van der Waals surface area contributed by atoms with Crippen LogP contribution in [0.4, 0.5) is 0 Å². The molecule has 0 amide bonds. The zero-order chi connectivity index (χ0) is 18.6. The molecule has 0 bridgehead atoms. The Kier molecular flexibility index (Phi) is 6.39. The summed E-state index contributed by atoms with van der Waals surface area (Å²) in [5.41, 5.74) is 1.85. The molecule has 0 saturated heterocycles. The summed E-state index contributed by atoms with van der Waals surface area (Å²) < 4.78 is 7.25. The standard InChI is InChI=1S/C21H32N2O2/c1-15(2)18(21(3,4)5)19(24)20-22-16-11-7-8-12-17(16)23(20)13-9-10-14-25-6/h7-8,11-12,15,18H,9-10,13-14H2,1-6H3/t18-/m0/s1. The van der Waals surface area contributed by atoms with E-state index < -0.39 is 0 Å². The molecule has 0 radical (unpaired) electrons. The van der Waals surface area contributed by atoms with Gasteiger partial charge in [0.25, 0.3) is 0 Å². The fourth-order valence-corrected chi connectivity index (χ4v) is 3.84. The molecule has 4 nitrogen and oxygen atoms in total. The number of para-hydroxylation sites is 2. The lowest BCUT2D eigenvalue weighted by Gasteiger charge is -2.32. The van der Waals surface area contributed by atoms with Crippen molar-refractivity contribution >= 4 is 16.8 Å². The number of ketones is 1. The van der Waals surface area contributed by atoms with Gasteiger partial charge in [-0.2, -0.15) is 0 Å². The lowest BCUT2D eigenvalue weighted by atomic mass is 9.72.